The molecular weight excluding hydrogens is 270 g/mol. The van der Waals surface area contributed by atoms with E-state index >= 15 is 0 Å². The number of phenolic OH excluding ortho intramolecular Hbond substituents is 2. The van der Waals surface area contributed by atoms with E-state index in [-0.39, 0.29) is 29.4 Å². The Morgan fingerprint density at radius 2 is 1.95 bits per heavy atom. The molecule has 5 nitrogen and oxygen atoms in total. The normalized spacial score (nSPS) is 11.3. The van der Waals surface area contributed by atoms with E-state index in [1.807, 2.05) is 0 Å². The molecule has 0 fully saturated rings. The van der Waals surface area contributed by atoms with Gasteiger partial charge < -0.3 is 14.9 Å². The summed E-state index contributed by atoms with van der Waals surface area (Å²) in [5.41, 5.74) is 0.237. The van der Waals surface area contributed by atoms with Gasteiger partial charge in [-0.05, 0) is 25.0 Å². The van der Waals surface area contributed by atoms with E-state index in [1.54, 1.807) is 7.11 Å². The number of phenols is 2. The third-order valence-electron chi connectivity index (χ3n) is 3.67. The minimum atomic E-state index is -0.184. The van der Waals surface area contributed by atoms with Crippen molar-refractivity contribution in [1.82, 2.24) is 4.90 Å². The van der Waals surface area contributed by atoms with Crippen molar-refractivity contribution in [3.63, 3.8) is 0 Å². The summed E-state index contributed by atoms with van der Waals surface area (Å²) in [5, 5.41) is 19.1. The van der Waals surface area contributed by atoms with Crippen LogP contribution in [0.5, 0.6) is 11.5 Å². The smallest absolute Gasteiger partial charge is 0.180 e. The van der Waals surface area contributed by atoms with Gasteiger partial charge in [-0.1, -0.05) is 13.8 Å². The first-order chi connectivity index (χ1) is 10.0. The van der Waals surface area contributed by atoms with Crippen LogP contribution in [-0.2, 0) is 4.74 Å². The number of hydrogen-bond acceptors (Lipinski definition) is 5. The molecule has 0 aliphatic carbocycles. The van der Waals surface area contributed by atoms with Crippen molar-refractivity contribution in [2.45, 2.75) is 32.7 Å². The minimum absolute atomic E-state index is 0.0553. The Balaban J connectivity index is 2.83. The molecule has 21 heavy (non-hydrogen) atoms. The van der Waals surface area contributed by atoms with Crippen molar-refractivity contribution in [1.29, 1.82) is 0 Å². The standard InChI is InChI=1S/C16H25NO4/c1-4-12(5-2)17(8-9-21-3)11-16(20)14-7-6-13(18)10-15(14)19/h6-7,10,12,18-19H,4-5,8-9,11H2,1-3H3. The van der Waals surface area contributed by atoms with Crippen LogP contribution in [0.15, 0.2) is 18.2 Å². The van der Waals surface area contributed by atoms with Gasteiger partial charge in [-0.2, -0.15) is 0 Å². The summed E-state index contributed by atoms with van der Waals surface area (Å²) >= 11 is 0. The highest BCUT2D eigenvalue weighted by Crippen LogP contribution is 2.23. The maximum atomic E-state index is 12.4. The van der Waals surface area contributed by atoms with E-state index < -0.39 is 0 Å². The van der Waals surface area contributed by atoms with Gasteiger partial charge >= 0.3 is 0 Å². The highest BCUT2D eigenvalue weighted by molar-refractivity contribution is 6.00. The van der Waals surface area contributed by atoms with Crippen LogP contribution < -0.4 is 0 Å². The molecule has 0 bridgehead atoms. The Hall–Kier alpha value is -1.59. The first-order valence-electron chi connectivity index (χ1n) is 7.31. The molecule has 0 atom stereocenters. The number of ether oxygens (including phenoxy) is 1. The lowest BCUT2D eigenvalue weighted by atomic mass is 10.1. The van der Waals surface area contributed by atoms with E-state index in [9.17, 15) is 15.0 Å². The van der Waals surface area contributed by atoms with Crippen molar-refractivity contribution in [3.8, 4) is 11.5 Å². The Morgan fingerprint density at radius 1 is 1.29 bits per heavy atom. The van der Waals surface area contributed by atoms with Crippen molar-refractivity contribution in [2.24, 2.45) is 0 Å². The van der Waals surface area contributed by atoms with E-state index in [1.165, 1.54) is 18.2 Å². The fourth-order valence-electron chi connectivity index (χ4n) is 2.43. The number of rotatable bonds is 9. The molecule has 0 saturated heterocycles. The molecule has 1 aromatic rings. The number of carbonyl (C=O) groups excluding carboxylic acids is 1. The molecule has 0 aliphatic heterocycles. The summed E-state index contributed by atoms with van der Waals surface area (Å²) in [6, 6.07) is 4.35. The fraction of sp³-hybridized carbons (Fsp3) is 0.562. The van der Waals surface area contributed by atoms with Gasteiger partial charge in [-0.25, -0.2) is 0 Å². The lowest BCUT2D eigenvalue weighted by Crippen LogP contribution is -2.40. The second kappa shape index (κ2) is 8.64. The van der Waals surface area contributed by atoms with Crippen LogP contribution in [-0.4, -0.2) is 53.7 Å². The number of aromatic hydroxyl groups is 2. The molecule has 0 aliphatic rings. The third kappa shape index (κ3) is 5.02. The number of Topliss-reactive ketones (excluding diaryl/α,β-unsaturated/α-hetero) is 1. The molecular formula is C16H25NO4. The average Bonchev–Trinajstić information content (AvgIpc) is 2.45. The van der Waals surface area contributed by atoms with Crippen LogP contribution in [0.4, 0.5) is 0 Å². The molecule has 118 valence electrons. The van der Waals surface area contributed by atoms with Crippen LogP contribution in [0.2, 0.25) is 0 Å². The Labute approximate surface area is 126 Å². The van der Waals surface area contributed by atoms with E-state index in [0.29, 0.717) is 19.2 Å². The summed E-state index contributed by atoms with van der Waals surface area (Å²) in [4.78, 5) is 14.4. The third-order valence-corrected chi connectivity index (χ3v) is 3.67. The molecule has 0 spiro atoms. The molecule has 1 aromatic carbocycles. The van der Waals surface area contributed by atoms with Crippen LogP contribution in [0.1, 0.15) is 37.0 Å². The zero-order valence-electron chi connectivity index (χ0n) is 13.0. The van der Waals surface area contributed by atoms with Crippen molar-refractivity contribution in [3.05, 3.63) is 23.8 Å². The molecule has 0 heterocycles. The zero-order valence-corrected chi connectivity index (χ0v) is 13.0. The van der Waals surface area contributed by atoms with Gasteiger partial charge in [0.25, 0.3) is 0 Å². The largest absolute Gasteiger partial charge is 0.508 e. The maximum Gasteiger partial charge on any atom is 0.180 e. The first-order valence-corrected chi connectivity index (χ1v) is 7.31. The SMILES string of the molecule is CCC(CC)N(CCOC)CC(=O)c1ccc(O)cc1O. The quantitative estimate of drug-likeness (QED) is 0.685. The van der Waals surface area contributed by atoms with E-state index in [4.69, 9.17) is 4.74 Å². The second-order valence-electron chi connectivity index (χ2n) is 5.06. The van der Waals surface area contributed by atoms with Crippen LogP contribution in [0.25, 0.3) is 0 Å². The Morgan fingerprint density at radius 3 is 2.48 bits per heavy atom. The summed E-state index contributed by atoms with van der Waals surface area (Å²) in [5.74, 6) is -0.396. The zero-order chi connectivity index (χ0) is 15.8. The van der Waals surface area contributed by atoms with Gasteiger partial charge in [-0.3, -0.25) is 9.69 Å². The molecule has 0 saturated carbocycles. The van der Waals surface area contributed by atoms with Gasteiger partial charge in [0.2, 0.25) is 0 Å². The minimum Gasteiger partial charge on any atom is -0.508 e. The lowest BCUT2D eigenvalue weighted by Gasteiger charge is -2.29. The lowest BCUT2D eigenvalue weighted by molar-refractivity contribution is 0.0809. The monoisotopic (exact) mass is 295 g/mol. The molecule has 0 radical (unpaired) electrons. The second-order valence-corrected chi connectivity index (χ2v) is 5.06. The number of benzene rings is 1. The highest BCUT2D eigenvalue weighted by atomic mass is 16.5. The first kappa shape index (κ1) is 17.5. The van der Waals surface area contributed by atoms with Gasteiger partial charge in [0.1, 0.15) is 11.5 Å². The van der Waals surface area contributed by atoms with E-state index in [0.717, 1.165) is 12.8 Å². The summed E-state index contributed by atoms with van der Waals surface area (Å²) < 4.78 is 5.10. The van der Waals surface area contributed by atoms with Gasteiger partial charge in [0.05, 0.1) is 18.7 Å². The van der Waals surface area contributed by atoms with Crippen LogP contribution in [0, 0.1) is 0 Å². The van der Waals surface area contributed by atoms with Gasteiger partial charge in [-0.15, -0.1) is 0 Å². The maximum absolute atomic E-state index is 12.4. The molecule has 0 unspecified atom stereocenters. The Kier molecular flexibility index (Phi) is 7.19. The molecule has 5 heteroatoms. The van der Waals surface area contributed by atoms with Gasteiger partial charge in [0, 0.05) is 25.8 Å². The molecule has 0 amide bonds. The van der Waals surface area contributed by atoms with Crippen molar-refractivity contribution >= 4 is 5.78 Å². The fourth-order valence-corrected chi connectivity index (χ4v) is 2.43. The predicted octanol–water partition coefficient (Wildman–Crippen LogP) is 2.42. The number of methoxy groups -OCH3 is 1. The topological polar surface area (TPSA) is 70.0 Å². The summed E-state index contributed by atoms with van der Waals surface area (Å²) in [6.07, 6.45) is 1.91. The predicted molar refractivity (Wildman–Crippen MR) is 81.9 cm³/mol. The number of nitrogens with zero attached hydrogens (tertiary/aromatic N) is 1. The van der Waals surface area contributed by atoms with Crippen molar-refractivity contribution in [2.75, 3.05) is 26.8 Å². The van der Waals surface area contributed by atoms with Crippen LogP contribution >= 0.6 is 0 Å². The number of carbonyl (C=O) groups is 1. The summed E-state index contributed by atoms with van der Waals surface area (Å²) in [6.45, 7) is 5.65. The summed E-state index contributed by atoms with van der Waals surface area (Å²) in [7, 11) is 1.64. The highest BCUT2D eigenvalue weighted by Gasteiger charge is 2.20. The van der Waals surface area contributed by atoms with Crippen LogP contribution in [0.3, 0.4) is 0 Å². The average molecular weight is 295 g/mol. The molecule has 0 aromatic heterocycles. The van der Waals surface area contributed by atoms with Gasteiger partial charge in [0.15, 0.2) is 5.78 Å². The Bertz CT molecular complexity index is 458. The van der Waals surface area contributed by atoms with E-state index in [2.05, 4.69) is 18.7 Å². The number of hydrogen-bond donors (Lipinski definition) is 2. The number of ketones is 1. The van der Waals surface area contributed by atoms with Crippen molar-refractivity contribution < 1.29 is 19.7 Å². The molecule has 2 N–H and O–H groups in total. The molecule has 1 rings (SSSR count).